The van der Waals surface area contributed by atoms with E-state index in [4.69, 9.17) is 0 Å². The fourth-order valence-corrected chi connectivity index (χ4v) is 4.33. The number of nitrogens with zero attached hydrogens (tertiary/aromatic N) is 1. The van der Waals surface area contributed by atoms with Crippen LogP contribution in [0.3, 0.4) is 0 Å². The topological polar surface area (TPSA) is 78.5 Å². The molecule has 0 aromatic carbocycles. The Labute approximate surface area is 143 Å². The van der Waals surface area contributed by atoms with Crippen molar-refractivity contribution in [2.24, 2.45) is 11.8 Å². The van der Waals surface area contributed by atoms with Crippen molar-refractivity contribution in [3.05, 3.63) is 0 Å². The molecular weight excluding hydrogens is 306 g/mol. The van der Waals surface area contributed by atoms with Gasteiger partial charge in [0.05, 0.1) is 0 Å². The Hall–Kier alpha value is -1.59. The van der Waals surface area contributed by atoms with Gasteiger partial charge in [-0.2, -0.15) is 0 Å². The van der Waals surface area contributed by atoms with E-state index in [9.17, 15) is 14.4 Å². The van der Waals surface area contributed by atoms with E-state index in [0.29, 0.717) is 12.5 Å². The molecule has 2 N–H and O–H groups in total. The number of nitrogens with one attached hydrogen (secondary N) is 2. The Balaban J connectivity index is 1.47. The minimum Gasteiger partial charge on any atom is -0.354 e. The summed E-state index contributed by atoms with van der Waals surface area (Å²) in [5, 5.41) is 5.69. The van der Waals surface area contributed by atoms with E-state index >= 15 is 0 Å². The van der Waals surface area contributed by atoms with Gasteiger partial charge in [-0.25, -0.2) is 4.79 Å². The highest BCUT2D eigenvalue weighted by molar-refractivity contribution is 6.06. The summed E-state index contributed by atoms with van der Waals surface area (Å²) in [5.41, 5.74) is 0. The smallest absolute Gasteiger partial charge is 0.325 e. The van der Waals surface area contributed by atoms with Gasteiger partial charge < -0.3 is 10.6 Å². The lowest BCUT2D eigenvalue weighted by atomic mass is 9.84. The van der Waals surface area contributed by atoms with Crippen LogP contribution in [0.4, 0.5) is 4.79 Å². The van der Waals surface area contributed by atoms with E-state index in [1.165, 1.54) is 25.7 Å². The lowest BCUT2D eigenvalue weighted by Crippen LogP contribution is -2.43. The summed E-state index contributed by atoms with van der Waals surface area (Å²) in [5.74, 6) is 0.319. The van der Waals surface area contributed by atoms with Crippen molar-refractivity contribution in [2.75, 3.05) is 13.1 Å². The molecule has 3 rings (SSSR count). The minimum absolute atomic E-state index is 0.152. The highest BCUT2D eigenvalue weighted by Gasteiger charge is 2.43. The summed E-state index contributed by atoms with van der Waals surface area (Å²) in [6.45, 7) is 0.509. The molecule has 0 radical (unpaired) electrons. The minimum atomic E-state index is -0.427. The lowest BCUT2D eigenvalue weighted by molar-refractivity contribution is -0.133. The summed E-state index contributed by atoms with van der Waals surface area (Å²) >= 11 is 0. The van der Waals surface area contributed by atoms with Crippen molar-refractivity contribution in [3.63, 3.8) is 0 Å². The second-order valence-corrected chi connectivity index (χ2v) is 7.56. The standard InChI is InChI=1S/C18H29N3O3/c22-15(19-11-13-7-3-1-4-8-13)12-21-17(23)16(20-18(21)24)14-9-5-2-6-10-14/h13-14,16H,1-12H2,(H,19,22)(H,20,24)/t16-/m1/s1. The summed E-state index contributed by atoms with van der Waals surface area (Å²) in [6.07, 6.45) is 11.5. The average Bonchev–Trinajstić information content (AvgIpc) is 2.90. The third kappa shape index (κ3) is 4.08. The second kappa shape index (κ2) is 7.99. The van der Waals surface area contributed by atoms with Crippen molar-refractivity contribution < 1.29 is 14.4 Å². The van der Waals surface area contributed by atoms with Gasteiger partial charge in [-0.15, -0.1) is 0 Å². The molecule has 0 unspecified atom stereocenters. The van der Waals surface area contributed by atoms with Crippen LogP contribution in [0, 0.1) is 11.8 Å². The van der Waals surface area contributed by atoms with Gasteiger partial charge >= 0.3 is 6.03 Å². The van der Waals surface area contributed by atoms with Crippen LogP contribution in [0.15, 0.2) is 0 Å². The Morgan fingerprint density at radius 3 is 2.29 bits per heavy atom. The summed E-state index contributed by atoms with van der Waals surface area (Å²) in [6, 6.07) is -0.840. The third-order valence-electron chi connectivity index (χ3n) is 5.79. The van der Waals surface area contributed by atoms with Gasteiger partial charge in [0.25, 0.3) is 5.91 Å². The van der Waals surface area contributed by atoms with E-state index in [1.807, 2.05) is 0 Å². The fraction of sp³-hybridized carbons (Fsp3) is 0.833. The summed E-state index contributed by atoms with van der Waals surface area (Å²) < 4.78 is 0. The predicted octanol–water partition coefficient (Wildman–Crippen LogP) is 2.18. The molecule has 134 valence electrons. The largest absolute Gasteiger partial charge is 0.354 e. The first-order chi connectivity index (χ1) is 11.6. The average molecular weight is 335 g/mol. The first-order valence-electron chi connectivity index (χ1n) is 9.53. The van der Waals surface area contributed by atoms with E-state index in [-0.39, 0.29) is 24.3 Å². The number of carbonyl (C=O) groups excluding carboxylic acids is 3. The molecule has 0 aromatic rings. The maximum atomic E-state index is 12.5. The number of hydrogen-bond acceptors (Lipinski definition) is 3. The van der Waals surface area contributed by atoms with Gasteiger partial charge in [-0.3, -0.25) is 14.5 Å². The SMILES string of the molecule is O=C(CN1C(=O)N[C@H](C2CCCCC2)C1=O)NCC1CCCCC1. The van der Waals surface area contributed by atoms with E-state index < -0.39 is 12.1 Å². The Morgan fingerprint density at radius 1 is 1.00 bits per heavy atom. The highest BCUT2D eigenvalue weighted by atomic mass is 16.2. The lowest BCUT2D eigenvalue weighted by Gasteiger charge is -2.25. The molecule has 1 saturated heterocycles. The Morgan fingerprint density at radius 2 is 1.62 bits per heavy atom. The highest BCUT2D eigenvalue weighted by Crippen LogP contribution is 2.29. The number of amides is 4. The number of imide groups is 1. The molecule has 24 heavy (non-hydrogen) atoms. The van der Waals surface area contributed by atoms with Crippen LogP contribution in [-0.4, -0.2) is 41.9 Å². The molecule has 0 aromatic heterocycles. The quantitative estimate of drug-likeness (QED) is 0.756. The van der Waals surface area contributed by atoms with E-state index in [0.717, 1.165) is 43.4 Å². The molecule has 6 heteroatoms. The van der Waals surface area contributed by atoms with Crippen LogP contribution in [-0.2, 0) is 9.59 Å². The Kier molecular flexibility index (Phi) is 5.74. The van der Waals surface area contributed by atoms with Crippen LogP contribution in [0.2, 0.25) is 0 Å². The van der Waals surface area contributed by atoms with Gasteiger partial charge in [-0.05, 0) is 37.5 Å². The molecule has 0 spiro atoms. The molecule has 1 aliphatic heterocycles. The summed E-state index contributed by atoms with van der Waals surface area (Å²) in [7, 11) is 0. The number of urea groups is 1. The predicted molar refractivity (Wildman–Crippen MR) is 90.2 cm³/mol. The summed E-state index contributed by atoms with van der Waals surface area (Å²) in [4.78, 5) is 37.8. The molecule has 2 aliphatic carbocycles. The molecular formula is C18H29N3O3. The van der Waals surface area contributed by atoms with Crippen LogP contribution in [0.25, 0.3) is 0 Å². The number of hydrogen-bond donors (Lipinski definition) is 2. The van der Waals surface area contributed by atoms with Crippen molar-refractivity contribution in [1.82, 2.24) is 15.5 Å². The molecule has 3 aliphatic rings. The molecule has 3 fully saturated rings. The molecule has 1 heterocycles. The zero-order valence-corrected chi connectivity index (χ0v) is 14.4. The van der Waals surface area contributed by atoms with Gasteiger partial charge in [0.2, 0.25) is 5.91 Å². The Bertz CT molecular complexity index is 482. The maximum absolute atomic E-state index is 12.5. The van der Waals surface area contributed by atoms with Crippen LogP contribution in [0.1, 0.15) is 64.2 Å². The monoisotopic (exact) mass is 335 g/mol. The van der Waals surface area contributed by atoms with Gasteiger partial charge in [0.1, 0.15) is 12.6 Å². The molecule has 0 bridgehead atoms. The van der Waals surface area contributed by atoms with Gasteiger partial charge in [0.15, 0.2) is 0 Å². The molecule has 1 atom stereocenters. The maximum Gasteiger partial charge on any atom is 0.325 e. The van der Waals surface area contributed by atoms with Crippen molar-refractivity contribution >= 4 is 17.8 Å². The first-order valence-corrected chi connectivity index (χ1v) is 9.53. The zero-order chi connectivity index (χ0) is 16.9. The van der Waals surface area contributed by atoms with Crippen LogP contribution < -0.4 is 10.6 Å². The third-order valence-corrected chi connectivity index (χ3v) is 5.79. The molecule has 6 nitrogen and oxygen atoms in total. The second-order valence-electron chi connectivity index (χ2n) is 7.56. The van der Waals surface area contributed by atoms with Crippen LogP contribution in [0.5, 0.6) is 0 Å². The van der Waals surface area contributed by atoms with Crippen LogP contribution >= 0.6 is 0 Å². The van der Waals surface area contributed by atoms with E-state index in [2.05, 4.69) is 10.6 Å². The molecule has 4 amide bonds. The van der Waals surface area contributed by atoms with E-state index in [1.54, 1.807) is 0 Å². The number of rotatable bonds is 5. The van der Waals surface area contributed by atoms with Crippen molar-refractivity contribution in [2.45, 2.75) is 70.3 Å². The first kappa shape index (κ1) is 17.2. The fourth-order valence-electron chi connectivity index (χ4n) is 4.33. The van der Waals surface area contributed by atoms with Gasteiger partial charge in [0, 0.05) is 6.54 Å². The van der Waals surface area contributed by atoms with Crippen molar-refractivity contribution in [3.8, 4) is 0 Å². The normalized spacial score (nSPS) is 26.5. The van der Waals surface area contributed by atoms with Gasteiger partial charge in [-0.1, -0.05) is 38.5 Å². The van der Waals surface area contributed by atoms with Crippen molar-refractivity contribution in [1.29, 1.82) is 0 Å². The zero-order valence-electron chi connectivity index (χ0n) is 14.4. The number of carbonyl (C=O) groups is 3. The molecule has 2 saturated carbocycles.